The number of aromatic amines is 1. The van der Waals surface area contributed by atoms with Gasteiger partial charge < -0.3 is 10.3 Å². The molecule has 0 bridgehead atoms. The van der Waals surface area contributed by atoms with Gasteiger partial charge in [-0.15, -0.1) is 0 Å². The Morgan fingerprint density at radius 3 is 3.00 bits per heavy atom. The predicted octanol–water partition coefficient (Wildman–Crippen LogP) is 3.19. The van der Waals surface area contributed by atoms with Crippen LogP contribution in [0, 0.1) is 0 Å². The Morgan fingerprint density at radius 1 is 1.47 bits per heavy atom. The molecule has 2 aromatic rings. The number of H-pyrrole nitrogens is 1. The molecular formula is C13H13BrClN3O. The highest BCUT2D eigenvalue weighted by molar-refractivity contribution is 9.10. The number of benzene rings is 1. The quantitative estimate of drug-likeness (QED) is 0.820. The van der Waals surface area contributed by atoms with Crippen LogP contribution in [-0.2, 0) is 6.42 Å². The average Bonchev–Trinajstić information content (AvgIpc) is 2.87. The highest BCUT2D eigenvalue weighted by atomic mass is 79.9. The normalized spacial score (nSPS) is 10.4. The smallest absolute Gasteiger partial charge is 0.252 e. The van der Waals surface area contributed by atoms with Crippen LogP contribution in [0.4, 0.5) is 0 Å². The Kier molecular flexibility index (Phi) is 4.99. The zero-order valence-electron chi connectivity index (χ0n) is 10.1. The molecule has 2 N–H and O–H groups in total. The molecule has 0 atom stereocenters. The number of nitrogens with zero attached hydrogens (tertiary/aromatic N) is 1. The van der Waals surface area contributed by atoms with Gasteiger partial charge in [0.2, 0.25) is 0 Å². The van der Waals surface area contributed by atoms with E-state index in [2.05, 4.69) is 31.2 Å². The molecule has 0 fully saturated rings. The average molecular weight is 343 g/mol. The summed E-state index contributed by atoms with van der Waals surface area (Å²) >= 11 is 9.32. The molecule has 0 unspecified atom stereocenters. The van der Waals surface area contributed by atoms with E-state index in [1.165, 1.54) is 0 Å². The second-order valence-electron chi connectivity index (χ2n) is 4.02. The molecule has 0 saturated heterocycles. The molecule has 2 rings (SSSR count). The number of hydrogen-bond acceptors (Lipinski definition) is 2. The molecule has 19 heavy (non-hydrogen) atoms. The Labute approximate surface area is 124 Å². The van der Waals surface area contributed by atoms with Crippen LogP contribution in [0.2, 0.25) is 5.02 Å². The molecule has 0 saturated carbocycles. The van der Waals surface area contributed by atoms with Crippen molar-refractivity contribution in [3.8, 4) is 0 Å². The van der Waals surface area contributed by atoms with Crippen LogP contribution < -0.4 is 5.32 Å². The number of amides is 1. The lowest BCUT2D eigenvalue weighted by Gasteiger charge is -2.06. The van der Waals surface area contributed by atoms with Crippen LogP contribution in [0.3, 0.4) is 0 Å². The molecule has 1 aromatic carbocycles. The van der Waals surface area contributed by atoms with Crippen molar-refractivity contribution in [2.24, 2.45) is 0 Å². The van der Waals surface area contributed by atoms with Crippen molar-refractivity contribution in [1.82, 2.24) is 15.3 Å². The molecule has 0 spiro atoms. The molecule has 0 aliphatic carbocycles. The van der Waals surface area contributed by atoms with E-state index in [1.54, 1.807) is 30.6 Å². The maximum Gasteiger partial charge on any atom is 0.252 e. The highest BCUT2D eigenvalue weighted by Gasteiger charge is 2.09. The van der Waals surface area contributed by atoms with Gasteiger partial charge in [-0.25, -0.2) is 4.98 Å². The third-order valence-electron chi connectivity index (χ3n) is 2.61. The van der Waals surface area contributed by atoms with E-state index in [4.69, 9.17) is 11.6 Å². The van der Waals surface area contributed by atoms with Crippen molar-refractivity contribution in [2.75, 3.05) is 6.54 Å². The van der Waals surface area contributed by atoms with E-state index in [0.29, 0.717) is 17.1 Å². The second-order valence-corrected chi connectivity index (χ2v) is 5.34. The zero-order valence-corrected chi connectivity index (χ0v) is 12.5. The van der Waals surface area contributed by atoms with Gasteiger partial charge in [0.25, 0.3) is 5.91 Å². The molecule has 0 aliphatic rings. The first-order valence-electron chi connectivity index (χ1n) is 5.88. The lowest BCUT2D eigenvalue weighted by atomic mass is 10.2. The molecule has 4 nitrogen and oxygen atoms in total. The van der Waals surface area contributed by atoms with Crippen molar-refractivity contribution in [3.63, 3.8) is 0 Å². The summed E-state index contributed by atoms with van der Waals surface area (Å²) < 4.78 is 0.854. The van der Waals surface area contributed by atoms with Gasteiger partial charge in [-0.1, -0.05) is 27.5 Å². The Hall–Kier alpha value is -1.33. The molecule has 0 radical (unpaired) electrons. The van der Waals surface area contributed by atoms with Crippen LogP contribution in [0.25, 0.3) is 0 Å². The van der Waals surface area contributed by atoms with Gasteiger partial charge >= 0.3 is 0 Å². The number of carbonyl (C=O) groups is 1. The van der Waals surface area contributed by atoms with Gasteiger partial charge in [0.15, 0.2) is 0 Å². The summed E-state index contributed by atoms with van der Waals surface area (Å²) in [7, 11) is 0. The number of aryl methyl sites for hydroxylation is 1. The first-order valence-corrected chi connectivity index (χ1v) is 7.05. The number of rotatable bonds is 5. The van der Waals surface area contributed by atoms with Crippen molar-refractivity contribution in [3.05, 3.63) is 51.5 Å². The largest absolute Gasteiger partial charge is 0.352 e. The van der Waals surface area contributed by atoms with E-state index < -0.39 is 0 Å². The minimum Gasteiger partial charge on any atom is -0.352 e. The van der Waals surface area contributed by atoms with Gasteiger partial charge in [0.1, 0.15) is 5.82 Å². The summed E-state index contributed by atoms with van der Waals surface area (Å²) in [5.74, 6) is 0.771. The zero-order chi connectivity index (χ0) is 13.7. The molecular weight excluding hydrogens is 330 g/mol. The van der Waals surface area contributed by atoms with Crippen LogP contribution in [0.15, 0.2) is 35.1 Å². The fourth-order valence-electron chi connectivity index (χ4n) is 1.66. The Morgan fingerprint density at radius 2 is 2.32 bits per heavy atom. The number of aromatic nitrogens is 2. The summed E-state index contributed by atoms with van der Waals surface area (Å²) in [6.45, 7) is 0.589. The minimum atomic E-state index is -0.156. The number of halogens is 2. The summed E-state index contributed by atoms with van der Waals surface area (Å²) in [6, 6.07) is 5.21. The van der Waals surface area contributed by atoms with Gasteiger partial charge in [-0.05, 0) is 24.6 Å². The number of hydrogen-bond donors (Lipinski definition) is 2. The van der Waals surface area contributed by atoms with Crippen LogP contribution in [0.5, 0.6) is 0 Å². The fourth-order valence-corrected chi connectivity index (χ4v) is 2.42. The van der Waals surface area contributed by atoms with Gasteiger partial charge in [0.05, 0.1) is 10.6 Å². The van der Waals surface area contributed by atoms with Crippen molar-refractivity contribution in [2.45, 2.75) is 12.8 Å². The van der Waals surface area contributed by atoms with E-state index in [1.807, 2.05) is 0 Å². The predicted molar refractivity (Wildman–Crippen MR) is 78.4 cm³/mol. The van der Waals surface area contributed by atoms with Crippen molar-refractivity contribution >= 4 is 33.4 Å². The Balaban J connectivity index is 1.81. The first-order chi connectivity index (χ1) is 9.16. The maximum atomic E-state index is 11.9. The van der Waals surface area contributed by atoms with Crippen LogP contribution in [-0.4, -0.2) is 22.4 Å². The summed E-state index contributed by atoms with van der Waals surface area (Å²) in [5, 5.41) is 3.28. The second kappa shape index (κ2) is 6.73. The fraction of sp³-hybridized carbons (Fsp3) is 0.231. The molecule has 1 heterocycles. The first kappa shape index (κ1) is 14.1. The van der Waals surface area contributed by atoms with E-state index >= 15 is 0 Å². The molecule has 1 amide bonds. The number of carbonyl (C=O) groups excluding carboxylic acids is 1. The lowest BCUT2D eigenvalue weighted by molar-refractivity contribution is 0.0953. The van der Waals surface area contributed by atoms with Crippen molar-refractivity contribution < 1.29 is 4.79 Å². The summed E-state index contributed by atoms with van der Waals surface area (Å²) in [4.78, 5) is 19.0. The number of nitrogens with one attached hydrogen (secondary N) is 2. The monoisotopic (exact) mass is 341 g/mol. The minimum absolute atomic E-state index is 0.156. The summed E-state index contributed by atoms with van der Waals surface area (Å²) in [6.07, 6.45) is 5.14. The topological polar surface area (TPSA) is 57.8 Å². The molecule has 100 valence electrons. The summed E-state index contributed by atoms with van der Waals surface area (Å²) in [5.41, 5.74) is 0.489. The highest BCUT2D eigenvalue weighted by Crippen LogP contribution is 2.21. The molecule has 0 aliphatic heterocycles. The number of imidazole rings is 1. The van der Waals surface area contributed by atoms with Crippen molar-refractivity contribution in [1.29, 1.82) is 0 Å². The van der Waals surface area contributed by atoms with Crippen LogP contribution >= 0.6 is 27.5 Å². The van der Waals surface area contributed by atoms with E-state index in [0.717, 1.165) is 23.1 Å². The standard InChI is InChI=1S/C13H13BrClN3O/c14-9-3-4-10(11(15)8-9)13(19)18-5-1-2-12-16-6-7-17-12/h3-4,6-8H,1-2,5H2,(H,16,17)(H,18,19). The third kappa shape index (κ3) is 4.08. The third-order valence-corrected chi connectivity index (χ3v) is 3.41. The van der Waals surface area contributed by atoms with Gasteiger partial charge in [-0.2, -0.15) is 0 Å². The SMILES string of the molecule is O=C(NCCCc1ncc[nH]1)c1ccc(Br)cc1Cl. The Bertz CT molecular complexity index is 557. The van der Waals surface area contributed by atoms with Gasteiger partial charge in [0, 0.05) is 29.8 Å². The van der Waals surface area contributed by atoms with E-state index in [9.17, 15) is 4.79 Å². The van der Waals surface area contributed by atoms with Gasteiger partial charge in [-0.3, -0.25) is 4.79 Å². The van der Waals surface area contributed by atoms with Crippen LogP contribution in [0.1, 0.15) is 22.6 Å². The molecule has 6 heteroatoms. The maximum absolute atomic E-state index is 11.9. The lowest BCUT2D eigenvalue weighted by Crippen LogP contribution is -2.25. The van der Waals surface area contributed by atoms with E-state index in [-0.39, 0.29) is 5.91 Å². The molecule has 1 aromatic heterocycles.